The van der Waals surface area contributed by atoms with Crippen molar-refractivity contribution >= 4 is 22.6 Å². The molecule has 0 spiro atoms. The number of nitrogens with zero attached hydrogens (tertiary/aromatic N) is 3. The number of carboxylic acids is 1. The van der Waals surface area contributed by atoms with Crippen molar-refractivity contribution in [3.8, 4) is 16.9 Å². The van der Waals surface area contributed by atoms with Crippen LogP contribution in [0.25, 0.3) is 22.0 Å². The van der Waals surface area contributed by atoms with Crippen molar-refractivity contribution in [2.75, 3.05) is 4.90 Å². The van der Waals surface area contributed by atoms with Crippen LogP contribution >= 0.6 is 0 Å². The van der Waals surface area contributed by atoms with E-state index in [0.717, 1.165) is 61.0 Å². The maximum Gasteiger partial charge on any atom is 0.573 e. The molecule has 2 aliphatic heterocycles. The third-order valence-electron chi connectivity index (χ3n) is 8.90. The van der Waals surface area contributed by atoms with Crippen LogP contribution in [-0.4, -0.2) is 50.4 Å². The molecule has 42 heavy (non-hydrogen) atoms. The number of aromatic carboxylic acids is 1. The molecule has 0 amide bonds. The first-order chi connectivity index (χ1) is 20.2. The predicted molar refractivity (Wildman–Crippen MR) is 150 cm³/mol. The van der Waals surface area contributed by atoms with E-state index in [9.17, 15) is 23.1 Å². The summed E-state index contributed by atoms with van der Waals surface area (Å²) in [4.78, 5) is 17.4. The van der Waals surface area contributed by atoms with Crippen LogP contribution in [0, 0.1) is 0 Å². The Morgan fingerprint density at radius 1 is 1.07 bits per heavy atom. The minimum atomic E-state index is -4.78. The van der Waals surface area contributed by atoms with Gasteiger partial charge in [0.1, 0.15) is 5.75 Å². The number of piperidine rings is 1. The standard InChI is InChI=1S/C31H31F3N4O4/c1-37-26-14-20(10-11-23(26)29(36-37)30(39)40)38-18-8-9-19(38)13-21(12-18)41-16-25-24(15-35-28(25)17-6-7-17)22-4-2-3-5-27(22)42-31(32,33)34/h2-5,10-11,14-15,17-19,21,35H,6-9,12-13,16H2,1H3,(H,39,40). The van der Waals surface area contributed by atoms with Crippen LogP contribution in [0.1, 0.15) is 66.2 Å². The fourth-order valence-electron chi connectivity index (χ4n) is 6.95. The topological polar surface area (TPSA) is 92.6 Å². The molecular formula is C31H31F3N4O4. The number of alkyl halides is 3. The second-order valence-corrected chi connectivity index (χ2v) is 11.6. The van der Waals surface area contributed by atoms with Crippen molar-refractivity contribution in [3.63, 3.8) is 0 Å². The molecule has 2 unspecified atom stereocenters. The normalized spacial score (nSPS) is 22.2. The van der Waals surface area contributed by atoms with Gasteiger partial charge >= 0.3 is 12.3 Å². The first-order valence-corrected chi connectivity index (χ1v) is 14.3. The van der Waals surface area contributed by atoms with Gasteiger partial charge < -0.3 is 24.5 Å². The van der Waals surface area contributed by atoms with Crippen LogP contribution in [0.4, 0.5) is 18.9 Å². The highest BCUT2D eigenvalue weighted by Crippen LogP contribution is 2.46. The van der Waals surface area contributed by atoms with Crippen molar-refractivity contribution in [3.05, 3.63) is 65.6 Å². The summed E-state index contributed by atoms with van der Waals surface area (Å²) in [6.45, 7) is 0.314. The summed E-state index contributed by atoms with van der Waals surface area (Å²) in [5.41, 5.74) is 4.91. The maximum atomic E-state index is 13.1. The highest BCUT2D eigenvalue weighted by molar-refractivity contribution is 6.02. The van der Waals surface area contributed by atoms with Crippen LogP contribution in [0.15, 0.2) is 48.7 Å². The van der Waals surface area contributed by atoms with Gasteiger partial charge in [-0.3, -0.25) is 4.68 Å². The van der Waals surface area contributed by atoms with E-state index in [1.807, 2.05) is 18.2 Å². The first-order valence-electron chi connectivity index (χ1n) is 14.3. The molecule has 3 aliphatic rings. The molecule has 220 valence electrons. The lowest BCUT2D eigenvalue weighted by molar-refractivity contribution is -0.274. The molecule has 1 aliphatic carbocycles. The monoisotopic (exact) mass is 580 g/mol. The molecule has 2 N–H and O–H groups in total. The van der Waals surface area contributed by atoms with Gasteiger partial charge in [-0.15, -0.1) is 13.2 Å². The number of carboxylic acid groups (broad SMARTS) is 1. The number of para-hydroxylation sites is 1. The predicted octanol–water partition coefficient (Wildman–Crippen LogP) is 6.76. The fourth-order valence-corrected chi connectivity index (χ4v) is 6.95. The second-order valence-electron chi connectivity index (χ2n) is 11.6. The zero-order chi connectivity index (χ0) is 29.2. The lowest BCUT2D eigenvalue weighted by Crippen LogP contribution is -2.45. The number of carbonyl (C=O) groups is 1. The molecule has 4 heterocycles. The zero-order valence-electron chi connectivity index (χ0n) is 23.0. The van der Waals surface area contributed by atoms with E-state index in [2.05, 4.69) is 19.7 Å². The third kappa shape index (κ3) is 4.89. The number of rotatable bonds is 8. The summed E-state index contributed by atoms with van der Waals surface area (Å²) in [6.07, 6.45) is 2.87. The summed E-state index contributed by atoms with van der Waals surface area (Å²) < 4.78 is 52.0. The van der Waals surface area contributed by atoms with E-state index in [-0.39, 0.29) is 29.6 Å². The van der Waals surface area contributed by atoms with Gasteiger partial charge in [-0.05, 0) is 68.7 Å². The van der Waals surface area contributed by atoms with Gasteiger partial charge in [0, 0.05) is 58.8 Å². The van der Waals surface area contributed by atoms with E-state index < -0.39 is 12.3 Å². The molecule has 1 saturated carbocycles. The van der Waals surface area contributed by atoms with Crippen LogP contribution in [0.2, 0.25) is 0 Å². The molecule has 0 radical (unpaired) electrons. The van der Waals surface area contributed by atoms with Gasteiger partial charge in [-0.25, -0.2) is 4.79 Å². The number of nitrogens with one attached hydrogen (secondary N) is 1. The number of ether oxygens (including phenoxy) is 2. The average molecular weight is 581 g/mol. The Balaban J connectivity index is 1.10. The van der Waals surface area contributed by atoms with Gasteiger partial charge in [0.25, 0.3) is 0 Å². The number of anilines is 1. The average Bonchev–Trinajstić information content (AvgIpc) is 3.54. The third-order valence-corrected chi connectivity index (χ3v) is 8.90. The number of benzene rings is 2. The molecule has 7 rings (SSSR count). The number of halogens is 3. The van der Waals surface area contributed by atoms with Gasteiger partial charge in [0.2, 0.25) is 0 Å². The minimum Gasteiger partial charge on any atom is -0.476 e. The second kappa shape index (κ2) is 10.1. The summed E-state index contributed by atoms with van der Waals surface area (Å²) in [5, 5.41) is 14.3. The number of H-pyrrole nitrogens is 1. The number of fused-ring (bicyclic) bond motifs is 3. The lowest BCUT2D eigenvalue weighted by atomic mass is 9.97. The number of aromatic amines is 1. The summed E-state index contributed by atoms with van der Waals surface area (Å²) in [7, 11) is 1.76. The van der Waals surface area contributed by atoms with Crippen LogP contribution in [0.3, 0.4) is 0 Å². The molecular weight excluding hydrogens is 549 g/mol. The van der Waals surface area contributed by atoms with Gasteiger partial charge in [0.05, 0.1) is 18.2 Å². The van der Waals surface area contributed by atoms with Crippen molar-refractivity contribution in [1.29, 1.82) is 0 Å². The van der Waals surface area contributed by atoms with Gasteiger partial charge in [-0.1, -0.05) is 18.2 Å². The Morgan fingerprint density at radius 3 is 2.50 bits per heavy atom. The molecule has 2 aromatic heterocycles. The van der Waals surface area contributed by atoms with Gasteiger partial charge in [0.15, 0.2) is 5.69 Å². The molecule has 2 bridgehead atoms. The van der Waals surface area contributed by atoms with Crippen LogP contribution in [-0.2, 0) is 18.4 Å². The Kier molecular flexibility index (Phi) is 6.45. The lowest BCUT2D eigenvalue weighted by Gasteiger charge is -2.40. The van der Waals surface area contributed by atoms with Crippen molar-refractivity contribution in [1.82, 2.24) is 14.8 Å². The van der Waals surface area contributed by atoms with Crippen LogP contribution < -0.4 is 9.64 Å². The Hall–Kier alpha value is -3.99. The number of aryl methyl sites for hydroxylation is 1. The van der Waals surface area contributed by atoms with E-state index in [4.69, 9.17) is 4.74 Å². The van der Waals surface area contributed by atoms with Crippen molar-refractivity contribution in [2.24, 2.45) is 7.05 Å². The fraction of sp³-hybridized carbons (Fsp3) is 0.419. The Bertz CT molecular complexity index is 1640. The quantitative estimate of drug-likeness (QED) is 0.239. The van der Waals surface area contributed by atoms with E-state index in [0.29, 0.717) is 29.0 Å². The summed E-state index contributed by atoms with van der Waals surface area (Å²) in [5.74, 6) is -0.896. The smallest absolute Gasteiger partial charge is 0.476 e. The highest BCUT2D eigenvalue weighted by Gasteiger charge is 2.42. The number of hydrogen-bond acceptors (Lipinski definition) is 5. The summed E-state index contributed by atoms with van der Waals surface area (Å²) >= 11 is 0. The van der Waals surface area contributed by atoms with Crippen molar-refractivity contribution in [2.45, 2.75) is 75.6 Å². The molecule has 3 fully saturated rings. The SMILES string of the molecule is Cn1nc(C(=O)O)c2ccc(N3C4CCC3CC(OCc3c(-c5ccccc5OC(F)(F)F)c[nH]c3C3CC3)C4)cc21. The van der Waals surface area contributed by atoms with E-state index in [1.54, 1.807) is 30.1 Å². The molecule has 2 aromatic carbocycles. The number of hydrogen-bond donors (Lipinski definition) is 2. The Morgan fingerprint density at radius 2 is 1.81 bits per heavy atom. The number of aromatic nitrogens is 3. The van der Waals surface area contributed by atoms with Crippen LogP contribution in [0.5, 0.6) is 5.75 Å². The molecule has 2 saturated heterocycles. The largest absolute Gasteiger partial charge is 0.573 e. The summed E-state index contributed by atoms with van der Waals surface area (Å²) in [6, 6.07) is 12.7. The molecule has 8 nitrogen and oxygen atoms in total. The minimum absolute atomic E-state index is 0.0225. The first kappa shape index (κ1) is 26.9. The Labute approximate surface area is 240 Å². The highest BCUT2D eigenvalue weighted by atomic mass is 19.4. The van der Waals surface area contributed by atoms with Gasteiger partial charge in [-0.2, -0.15) is 5.10 Å². The zero-order valence-corrected chi connectivity index (χ0v) is 23.0. The van der Waals surface area contributed by atoms with E-state index in [1.165, 1.54) is 12.1 Å². The molecule has 2 atom stereocenters. The van der Waals surface area contributed by atoms with Crippen molar-refractivity contribution < 1.29 is 32.5 Å². The molecule has 11 heteroatoms. The maximum absolute atomic E-state index is 13.1. The molecule has 4 aromatic rings. The van der Waals surface area contributed by atoms with E-state index >= 15 is 0 Å².